The van der Waals surface area contributed by atoms with Crippen molar-refractivity contribution in [3.05, 3.63) is 35.6 Å². The van der Waals surface area contributed by atoms with Crippen LogP contribution in [-0.2, 0) is 16.1 Å². The van der Waals surface area contributed by atoms with Gasteiger partial charge in [0.05, 0.1) is 6.61 Å². The van der Waals surface area contributed by atoms with Crippen molar-refractivity contribution < 1.29 is 13.9 Å². The van der Waals surface area contributed by atoms with Crippen LogP contribution in [0.15, 0.2) is 24.3 Å². The molecule has 1 aliphatic rings. The predicted molar refractivity (Wildman–Crippen MR) is 68.1 cm³/mol. The molecule has 0 saturated carbocycles. The summed E-state index contributed by atoms with van der Waals surface area (Å²) < 4.78 is 18.0. The van der Waals surface area contributed by atoms with E-state index in [-0.39, 0.29) is 24.1 Å². The molecule has 6 heteroatoms. The van der Waals surface area contributed by atoms with E-state index in [4.69, 9.17) is 4.74 Å². The summed E-state index contributed by atoms with van der Waals surface area (Å²) in [6.07, 6.45) is -0.427. The molecule has 0 radical (unpaired) electrons. The first-order chi connectivity index (χ1) is 8.25. The van der Waals surface area contributed by atoms with E-state index >= 15 is 0 Å². The minimum atomic E-state index is -0.427. The first kappa shape index (κ1) is 14.9. The first-order valence-electron chi connectivity index (χ1n) is 5.60. The van der Waals surface area contributed by atoms with Gasteiger partial charge in [-0.25, -0.2) is 4.39 Å². The summed E-state index contributed by atoms with van der Waals surface area (Å²) in [5.41, 5.74) is 0.864. The lowest BCUT2D eigenvalue weighted by atomic mass is 10.2. The zero-order valence-electron chi connectivity index (χ0n) is 9.82. The smallest absolute Gasteiger partial charge is 0.250 e. The SMILES string of the molecule is Cl.O=C(NCc1ccc(F)cc1)C1CNCCO1. The van der Waals surface area contributed by atoms with Crippen molar-refractivity contribution in [1.82, 2.24) is 10.6 Å². The number of halogens is 2. The standard InChI is InChI=1S/C12H15FN2O2.ClH/c13-10-3-1-9(2-4-10)7-15-12(16)11-8-14-5-6-17-11;/h1-4,11,14H,5-8H2,(H,15,16);1H. The third-order valence-corrected chi connectivity index (χ3v) is 2.60. The van der Waals surface area contributed by atoms with Gasteiger partial charge in [-0.15, -0.1) is 12.4 Å². The Morgan fingerprint density at radius 1 is 1.44 bits per heavy atom. The van der Waals surface area contributed by atoms with E-state index in [1.165, 1.54) is 12.1 Å². The average molecular weight is 275 g/mol. The minimum absolute atomic E-state index is 0. The molecular formula is C12H16ClFN2O2. The Morgan fingerprint density at radius 3 is 2.78 bits per heavy atom. The topological polar surface area (TPSA) is 50.4 Å². The lowest BCUT2D eigenvalue weighted by Crippen LogP contribution is -2.47. The fourth-order valence-corrected chi connectivity index (χ4v) is 1.64. The molecule has 1 amide bonds. The molecule has 1 atom stereocenters. The van der Waals surface area contributed by atoms with Crippen molar-refractivity contribution in [2.45, 2.75) is 12.6 Å². The Labute approximate surface area is 111 Å². The summed E-state index contributed by atoms with van der Waals surface area (Å²) >= 11 is 0. The molecule has 1 heterocycles. The van der Waals surface area contributed by atoms with Crippen molar-refractivity contribution in [3.63, 3.8) is 0 Å². The van der Waals surface area contributed by atoms with E-state index < -0.39 is 6.10 Å². The number of nitrogens with one attached hydrogen (secondary N) is 2. The van der Waals surface area contributed by atoms with Crippen LogP contribution in [0.2, 0.25) is 0 Å². The van der Waals surface area contributed by atoms with Crippen LogP contribution in [0.1, 0.15) is 5.56 Å². The summed E-state index contributed by atoms with van der Waals surface area (Å²) in [5, 5.41) is 5.85. The monoisotopic (exact) mass is 274 g/mol. The number of carbonyl (C=O) groups is 1. The number of hydrogen-bond donors (Lipinski definition) is 2. The van der Waals surface area contributed by atoms with E-state index in [9.17, 15) is 9.18 Å². The third-order valence-electron chi connectivity index (χ3n) is 2.60. The third kappa shape index (κ3) is 4.25. The van der Waals surface area contributed by atoms with Gasteiger partial charge < -0.3 is 15.4 Å². The molecule has 0 spiro atoms. The van der Waals surface area contributed by atoms with Gasteiger partial charge in [0.25, 0.3) is 5.91 Å². The molecule has 1 saturated heterocycles. The van der Waals surface area contributed by atoms with Crippen LogP contribution in [0.5, 0.6) is 0 Å². The Kier molecular flexibility index (Phi) is 6.04. The van der Waals surface area contributed by atoms with Gasteiger partial charge in [-0.3, -0.25) is 4.79 Å². The number of benzene rings is 1. The molecule has 0 aromatic heterocycles. The van der Waals surface area contributed by atoms with Crippen LogP contribution in [0, 0.1) is 5.82 Å². The molecule has 4 nitrogen and oxygen atoms in total. The molecular weight excluding hydrogens is 259 g/mol. The molecule has 1 aliphatic heterocycles. The maximum atomic E-state index is 12.7. The maximum absolute atomic E-state index is 12.7. The van der Waals surface area contributed by atoms with Crippen LogP contribution in [-0.4, -0.2) is 31.7 Å². The van der Waals surface area contributed by atoms with Crippen molar-refractivity contribution in [3.8, 4) is 0 Å². The molecule has 0 aliphatic carbocycles. The second-order valence-electron chi connectivity index (χ2n) is 3.91. The molecule has 2 rings (SSSR count). The highest BCUT2D eigenvalue weighted by Crippen LogP contribution is 2.03. The highest BCUT2D eigenvalue weighted by atomic mass is 35.5. The molecule has 0 bridgehead atoms. The van der Waals surface area contributed by atoms with Gasteiger partial charge >= 0.3 is 0 Å². The molecule has 1 aromatic carbocycles. The summed E-state index contributed by atoms with van der Waals surface area (Å²) in [7, 11) is 0. The first-order valence-corrected chi connectivity index (χ1v) is 5.60. The Balaban J connectivity index is 0.00000162. The zero-order valence-corrected chi connectivity index (χ0v) is 10.6. The lowest BCUT2D eigenvalue weighted by Gasteiger charge is -2.22. The number of ether oxygens (including phenoxy) is 1. The summed E-state index contributed by atoms with van der Waals surface area (Å²) in [5.74, 6) is -0.415. The normalized spacial score (nSPS) is 18.8. The van der Waals surface area contributed by atoms with Crippen molar-refractivity contribution in [1.29, 1.82) is 0 Å². The van der Waals surface area contributed by atoms with E-state index in [0.717, 1.165) is 12.1 Å². The second-order valence-corrected chi connectivity index (χ2v) is 3.91. The Morgan fingerprint density at radius 2 is 2.17 bits per heavy atom. The molecule has 1 aromatic rings. The van der Waals surface area contributed by atoms with Gasteiger partial charge in [-0.05, 0) is 17.7 Å². The highest BCUT2D eigenvalue weighted by molar-refractivity contribution is 5.85. The van der Waals surface area contributed by atoms with E-state index in [1.54, 1.807) is 12.1 Å². The number of amides is 1. The molecule has 100 valence electrons. The second kappa shape index (κ2) is 7.31. The largest absolute Gasteiger partial charge is 0.366 e. The molecule has 2 N–H and O–H groups in total. The highest BCUT2D eigenvalue weighted by Gasteiger charge is 2.20. The predicted octanol–water partition coefficient (Wildman–Crippen LogP) is 0.852. The van der Waals surface area contributed by atoms with E-state index in [1.807, 2.05) is 0 Å². The Hall–Kier alpha value is -1.17. The van der Waals surface area contributed by atoms with Gasteiger partial charge in [0, 0.05) is 19.6 Å². The van der Waals surface area contributed by atoms with Gasteiger partial charge in [0.1, 0.15) is 11.9 Å². The molecule has 1 fully saturated rings. The fraction of sp³-hybridized carbons (Fsp3) is 0.417. The van der Waals surface area contributed by atoms with Crippen LogP contribution >= 0.6 is 12.4 Å². The Bertz CT molecular complexity index is 380. The number of morpholine rings is 1. The van der Waals surface area contributed by atoms with E-state index in [2.05, 4.69) is 10.6 Å². The van der Waals surface area contributed by atoms with Crippen LogP contribution < -0.4 is 10.6 Å². The summed E-state index contributed by atoms with van der Waals surface area (Å²) in [6, 6.07) is 6.05. The van der Waals surface area contributed by atoms with Crippen molar-refractivity contribution in [2.75, 3.05) is 19.7 Å². The number of hydrogen-bond acceptors (Lipinski definition) is 3. The quantitative estimate of drug-likeness (QED) is 0.859. The minimum Gasteiger partial charge on any atom is -0.366 e. The molecule has 1 unspecified atom stereocenters. The maximum Gasteiger partial charge on any atom is 0.250 e. The van der Waals surface area contributed by atoms with Crippen LogP contribution in [0.3, 0.4) is 0 Å². The van der Waals surface area contributed by atoms with Gasteiger partial charge in [0.15, 0.2) is 0 Å². The fourth-order valence-electron chi connectivity index (χ4n) is 1.64. The molecule has 18 heavy (non-hydrogen) atoms. The van der Waals surface area contributed by atoms with Crippen LogP contribution in [0.4, 0.5) is 4.39 Å². The average Bonchev–Trinajstić information content (AvgIpc) is 2.39. The summed E-state index contributed by atoms with van der Waals surface area (Å²) in [4.78, 5) is 11.7. The van der Waals surface area contributed by atoms with E-state index in [0.29, 0.717) is 19.7 Å². The van der Waals surface area contributed by atoms with Gasteiger partial charge in [0.2, 0.25) is 0 Å². The zero-order chi connectivity index (χ0) is 12.1. The van der Waals surface area contributed by atoms with Gasteiger partial charge in [-0.1, -0.05) is 12.1 Å². The lowest BCUT2D eigenvalue weighted by molar-refractivity contribution is -0.134. The van der Waals surface area contributed by atoms with Crippen LogP contribution in [0.25, 0.3) is 0 Å². The number of carbonyl (C=O) groups excluding carboxylic acids is 1. The summed E-state index contributed by atoms with van der Waals surface area (Å²) in [6.45, 7) is 2.25. The van der Waals surface area contributed by atoms with Crippen molar-refractivity contribution in [2.24, 2.45) is 0 Å². The number of rotatable bonds is 3. The van der Waals surface area contributed by atoms with Crippen molar-refractivity contribution >= 4 is 18.3 Å². The van der Waals surface area contributed by atoms with Gasteiger partial charge in [-0.2, -0.15) is 0 Å².